The number of halogens is 2. The molecule has 2 aliphatic heterocycles. The van der Waals surface area contributed by atoms with Crippen molar-refractivity contribution < 1.29 is 22.3 Å². The molecule has 0 atom stereocenters. The van der Waals surface area contributed by atoms with Crippen LogP contribution in [0.15, 0.2) is 40.6 Å². The van der Waals surface area contributed by atoms with Gasteiger partial charge in [0.2, 0.25) is 5.91 Å². The SMILES string of the molecule is O=C(N1CCN(S(=O)(=O)c2ccc(Cl)s2)CC1)C1(c2ccc(F)cc2)CCOCC1. The van der Waals surface area contributed by atoms with Crippen LogP contribution in [0.1, 0.15) is 18.4 Å². The second kappa shape index (κ2) is 8.55. The van der Waals surface area contributed by atoms with Gasteiger partial charge in [-0.1, -0.05) is 23.7 Å². The molecule has 162 valence electrons. The number of hydrogen-bond acceptors (Lipinski definition) is 5. The molecule has 1 aromatic heterocycles. The van der Waals surface area contributed by atoms with Crippen LogP contribution in [-0.2, 0) is 25.0 Å². The summed E-state index contributed by atoms with van der Waals surface area (Å²) in [4.78, 5) is 15.3. The molecule has 2 aliphatic rings. The van der Waals surface area contributed by atoms with Crippen molar-refractivity contribution in [2.75, 3.05) is 39.4 Å². The van der Waals surface area contributed by atoms with Crippen molar-refractivity contribution in [1.82, 2.24) is 9.21 Å². The maximum absolute atomic E-state index is 13.6. The molecule has 2 aromatic rings. The summed E-state index contributed by atoms with van der Waals surface area (Å²) in [6.07, 6.45) is 1.04. The molecule has 0 unspecified atom stereocenters. The van der Waals surface area contributed by atoms with E-state index in [1.165, 1.54) is 22.5 Å². The van der Waals surface area contributed by atoms with E-state index in [4.69, 9.17) is 16.3 Å². The molecule has 2 fully saturated rings. The summed E-state index contributed by atoms with van der Waals surface area (Å²) in [5, 5.41) is 0. The predicted molar refractivity (Wildman–Crippen MR) is 113 cm³/mol. The van der Waals surface area contributed by atoms with Crippen molar-refractivity contribution >= 4 is 38.9 Å². The van der Waals surface area contributed by atoms with Gasteiger partial charge in [0.25, 0.3) is 10.0 Å². The largest absolute Gasteiger partial charge is 0.381 e. The molecule has 4 rings (SSSR count). The molecule has 0 saturated carbocycles. The first-order chi connectivity index (χ1) is 14.3. The lowest BCUT2D eigenvalue weighted by atomic mass is 9.73. The van der Waals surface area contributed by atoms with Gasteiger partial charge in [-0.2, -0.15) is 4.31 Å². The fourth-order valence-corrected chi connectivity index (χ4v) is 7.17. The number of thiophene rings is 1. The summed E-state index contributed by atoms with van der Waals surface area (Å²) in [5.41, 5.74) is 0.00865. The van der Waals surface area contributed by atoms with Gasteiger partial charge in [-0.25, -0.2) is 12.8 Å². The normalized spacial score (nSPS) is 20.3. The number of nitrogens with zero attached hydrogens (tertiary/aromatic N) is 2. The van der Waals surface area contributed by atoms with Crippen LogP contribution in [-0.4, -0.2) is 62.9 Å². The summed E-state index contributed by atoms with van der Waals surface area (Å²) in [6, 6.07) is 9.15. The summed E-state index contributed by atoms with van der Waals surface area (Å²) < 4.78 is 46.6. The first-order valence-corrected chi connectivity index (χ1v) is 12.3. The van der Waals surface area contributed by atoms with Crippen LogP contribution in [0.2, 0.25) is 4.34 Å². The Balaban J connectivity index is 1.51. The number of sulfonamides is 1. The molecule has 30 heavy (non-hydrogen) atoms. The molecule has 6 nitrogen and oxygen atoms in total. The predicted octanol–water partition coefficient (Wildman–Crippen LogP) is 3.12. The number of amides is 1. The molecular formula is C20H22ClFN2O4S2. The minimum atomic E-state index is -3.62. The second-order valence-corrected chi connectivity index (χ2v) is 11.3. The minimum Gasteiger partial charge on any atom is -0.381 e. The maximum atomic E-state index is 13.6. The van der Waals surface area contributed by atoms with Crippen LogP contribution in [0.4, 0.5) is 4.39 Å². The van der Waals surface area contributed by atoms with E-state index in [1.54, 1.807) is 23.1 Å². The van der Waals surface area contributed by atoms with Gasteiger partial charge < -0.3 is 9.64 Å². The Labute approximate surface area is 184 Å². The quantitative estimate of drug-likeness (QED) is 0.685. The van der Waals surface area contributed by atoms with Crippen LogP contribution in [0.25, 0.3) is 0 Å². The Bertz CT molecular complexity index is 1010. The zero-order chi connectivity index (χ0) is 21.4. The highest BCUT2D eigenvalue weighted by Gasteiger charge is 2.45. The fraction of sp³-hybridized carbons (Fsp3) is 0.450. The van der Waals surface area contributed by atoms with Crippen molar-refractivity contribution in [1.29, 1.82) is 0 Å². The van der Waals surface area contributed by atoms with Gasteiger partial charge in [-0.3, -0.25) is 4.79 Å². The van der Waals surface area contributed by atoms with E-state index >= 15 is 0 Å². The number of piperazine rings is 1. The van der Waals surface area contributed by atoms with Gasteiger partial charge in [-0.15, -0.1) is 11.3 Å². The average Bonchev–Trinajstić information content (AvgIpc) is 3.21. The highest BCUT2D eigenvalue weighted by atomic mass is 35.5. The molecule has 0 radical (unpaired) electrons. The molecule has 1 aromatic carbocycles. The third-order valence-corrected chi connectivity index (χ3v) is 9.42. The highest BCUT2D eigenvalue weighted by molar-refractivity contribution is 7.91. The monoisotopic (exact) mass is 472 g/mol. The van der Waals surface area contributed by atoms with Crippen molar-refractivity contribution in [2.45, 2.75) is 22.5 Å². The smallest absolute Gasteiger partial charge is 0.252 e. The Morgan fingerprint density at radius 3 is 2.23 bits per heavy atom. The summed E-state index contributed by atoms with van der Waals surface area (Å²) >= 11 is 6.92. The van der Waals surface area contributed by atoms with Crippen LogP contribution < -0.4 is 0 Å². The lowest BCUT2D eigenvalue weighted by Gasteiger charge is -2.42. The molecule has 0 spiro atoms. The third-order valence-electron chi connectivity index (χ3n) is 5.82. The lowest BCUT2D eigenvalue weighted by Crippen LogP contribution is -2.56. The van der Waals surface area contributed by atoms with Crippen LogP contribution in [0.3, 0.4) is 0 Å². The molecule has 0 aliphatic carbocycles. The molecule has 2 saturated heterocycles. The van der Waals surface area contributed by atoms with E-state index < -0.39 is 15.4 Å². The number of benzene rings is 1. The van der Waals surface area contributed by atoms with Gasteiger partial charge in [-0.05, 0) is 42.7 Å². The van der Waals surface area contributed by atoms with E-state index in [1.807, 2.05) is 0 Å². The standard InChI is InChI=1S/C20H22ClFN2O4S2/c21-17-5-6-18(29-17)30(26,27)24-11-9-23(10-12-24)19(25)20(7-13-28-14-8-20)15-1-3-16(22)4-2-15/h1-6H,7-14H2. The van der Waals surface area contributed by atoms with Gasteiger partial charge in [0, 0.05) is 39.4 Å². The minimum absolute atomic E-state index is 0.0476. The molecular weight excluding hydrogens is 451 g/mol. The van der Waals surface area contributed by atoms with Crippen molar-refractivity contribution in [3.63, 3.8) is 0 Å². The van der Waals surface area contributed by atoms with Crippen molar-refractivity contribution in [3.05, 3.63) is 52.1 Å². The van der Waals surface area contributed by atoms with Crippen LogP contribution >= 0.6 is 22.9 Å². The zero-order valence-corrected chi connectivity index (χ0v) is 18.6. The summed E-state index contributed by atoms with van der Waals surface area (Å²) in [7, 11) is -3.62. The molecule has 0 N–H and O–H groups in total. The molecule has 1 amide bonds. The molecule has 10 heteroatoms. The average molecular weight is 473 g/mol. The van der Waals surface area contributed by atoms with Crippen LogP contribution in [0, 0.1) is 5.82 Å². The lowest BCUT2D eigenvalue weighted by molar-refractivity contribution is -0.142. The Morgan fingerprint density at radius 1 is 1.03 bits per heavy atom. The Hall–Kier alpha value is -1.52. The summed E-state index contributed by atoms with van der Waals surface area (Å²) in [5.74, 6) is -0.394. The van der Waals surface area contributed by atoms with E-state index in [0.29, 0.717) is 43.5 Å². The van der Waals surface area contributed by atoms with E-state index in [2.05, 4.69) is 0 Å². The molecule has 0 bridgehead atoms. The highest BCUT2D eigenvalue weighted by Crippen LogP contribution is 2.37. The van der Waals surface area contributed by atoms with E-state index in [0.717, 1.165) is 16.9 Å². The Kier molecular flexibility index (Phi) is 6.18. The van der Waals surface area contributed by atoms with Crippen molar-refractivity contribution in [3.8, 4) is 0 Å². The third kappa shape index (κ3) is 4.01. The van der Waals surface area contributed by atoms with Gasteiger partial charge in [0.05, 0.1) is 9.75 Å². The molecule has 3 heterocycles. The first-order valence-electron chi connectivity index (χ1n) is 9.72. The van der Waals surface area contributed by atoms with E-state index in [9.17, 15) is 17.6 Å². The van der Waals surface area contributed by atoms with Gasteiger partial charge in [0.15, 0.2) is 0 Å². The summed E-state index contributed by atoms with van der Waals surface area (Å²) in [6.45, 7) is 1.97. The maximum Gasteiger partial charge on any atom is 0.252 e. The Morgan fingerprint density at radius 2 is 1.67 bits per heavy atom. The first kappa shape index (κ1) is 21.7. The van der Waals surface area contributed by atoms with Gasteiger partial charge in [0.1, 0.15) is 10.0 Å². The van der Waals surface area contributed by atoms with Crippen molar-refractivity contribution in [2.24, 2.45) is 0 Å². The number of rotatable bonds is 4. The topological polar surface area (TPSA) is 66.9 Å². The number of carbonyl (C=O) groups is 1. The zero-order valence-electron chi connectivity index (χ0n) is 16.2. The number of hydrogen-bond donors (Lipinski definition) is 0. The number of carbonyl (C=O) groups excluding carboxylic acids is 1. The van der Waals surface area contributed by atoms with Gasteiger partial charge >= 0.3 is 0 Å². The van der Waals surface area contributed by atoms with E-state index in [-0.39, 0.29) is 29.0 Å². The second-order valence-electron chi connectivity index (χ2n) is 7.46. The fourth-order valence-electron chi connectivity index (χ4n) is 4.11. The number of ether oxygens (including phenoxy) is 1. The van der Waals surface area contributed by atoms with Crippen LogP contribution in [0.5, 0.6) is 0 Å².